The lowest BCUT2D eigenvalue weighted by Crippen LogP contribution is -2.36. The minimum Gasteiger partial charge on any atom is -0.345 e. The van der Waals surface area contributed by atoms with E-state index in [9.17, 15) is 18.0 Å². The maximum Gasteiger partial charge on any atom is 0.471 e. The predicted octanol–water partition coefficient (Wildman–Crippen LogP) is 1.46. The molecule has 70 valence electrons. The van der Waals surface area contributed by atoms with E-state index in [1.54, 1.807) is 5.32 Å². The van der Waals surface area contributed by atoms with Crippen molar-refractivity contribution in [2.75, 3.05) is 12.4 Å². The molecular weight excluding hydrogens is 195 g/mol. The molecule has 0 rings (SSSR count). The number of nitrogens with one attached hydrogen (secondary N) is 1. The zero-order chi connectivity index (χ0) is 9.61. The number of halogens is 4. The highest BCUT2D eigenvalue weighted by Gasteiger charge is 2.37. The van der Waals surface area contributed by atoms with Gasteiger partial charge in [-0.05, 0) is 0 Å². The molecule has 1 N–H and O–H groups in total. The van der Waals surface area contributed by atoms with Crippen LogP contribution in [0.15, 0.2) is 12.2 Å². The van der Waals surface area contributed by atoms with Gasteiger partial charge in [0, 0.05) is 12.4 Å². The molecule has 0 unspecified atom stereocenters. The largest absolute Gasteiger partial charge is 0.471 e. The van der Waals surface area contributed by atoms with Crippen LogP contribution in [0.1, 0.15) is 0 Å². The molecule has 0 aliphatic rings. The summed E-state index contributed by atoms with van der Waals surface area (Å²) in [4.78, 5) is 10.1. The Balaban J connectivity index is 3.66. The Labute approximate surface area is 72.4 Å². The van der Waals surface area contributed by atoms with E-state index < -0.39 is 12.1 Å². The zero-order valence-electron chi connectivity index (χ0n) is 5.99. The molecule has 0 radical (unpaired) electrons. The van der Waals surface area contributed by atoms with E-state index in [0.29, 0.717) is 0 Å². The van der Waals surface area contributed by atoms with E-state index in [-0.39, 0.29) is 12.4 Å². The molecule has 0 heterocycles. The van der Waals surface area contributed by atoms with Gasteiger partial charge in [0.15, 0.2) is 0 Å². The van der Waals surface area contributed by atoms with E-state index in [1.807, 2.05) is 0 Å². The summed E-state index contributed by atoms with van der Waals surface area (Å²) < 4.78 is 34.5. The fourth-order valence-electron chi connectivity index (χ4n) is 0.398. The van der Waals surface area contributed by atoms with Gasteiger partial charge in [0.05, 0.1) is 0 Å². The molecular formula is C6H7ClF3NO. The van der Waals surface area contributed by atoms with Crippen molar-refractivity contribution < 1.29 is 18.0 Å². The molecule has 1 amide bonds. The quantitative estimate of drug-likeness (QED) is 0.544. The molecule has 0 saturated heterocycles. The summed E-state index contributed by atoms with van der Waals surface area (Å²) in [6.45, 7) is -0.162. The third-order valence-corrected chi connectivity index (χ3v) is 1.07. The van der Waals surface area contributed by atoms with E-state index in [4.69, 9.17) is 11.6 Å². The van der Waals surface area contributed by atoms with Crippen LogP contribution in [0.5, 0.6) is 0 Å². The second kappa shape index (κ2) is 5.03. The third-order valence-electron chi connectivity index (χ3n) is 0.894. The highest BCUT2D eigenvalue weighted by molar-refractivity contribution is 6.18. The molecule has 0 bridgehead atoms. The van der Waals surface area contributed by atoms with Gasteiger partial charge in [0.2, 0.25) is 0 Å². The molecule has 6 heteroatoms. The van der Waals surface area contributed by atoms with Crippen molar-refractivity contribution in [2.45, 2.75) is 6.18 Å². The summed E-state index contributed by atoms with van der Waals surface area (Å²) in [7, 11) is 0. The van der Waals surface area contributed by atoms with Crippen molar-refractivity contribution >= 4 is 17.5 Å². The fourth-order valence-corrected chi connectivity index (χ4v) is 0.524. The first kappa shape index (κ1) is 11.3. The van der Waals surface area contributed by atoms with Gasteiger partial charge in [-0.3, -0.25) is 4.79 Å². The average Bonchev–Trinajstić information content (AvgIpc) is 1.96. The molecule has 0 atom stereocenters. The Kier molecular flexibility index (Phi) is 4.73. The lowest BCUT2D eigenvalue weighted by molar-refractivity contribution is -0.173. The Hall–Kier alpha value is -0.710. The van der Waals surface area contributed by atoms with Gasteiger partial charge in [0.1, 0.15) is 0 Å². The molecule has 2 nitrogen and oxygen atoms in total. The lowest BCUT2D eigenvalue weighted by atomic mass is 10.5. The summed E-state index contributed by atoms with van der Waals surface area (Å²) in [6.07, 6.45) is -2.02. The van der Waals surface area contributed by atoms with Crippen molar-refractivity contribution in [3.63, 3.8) is 0 Å². The molecule has 0 aliphatic heterocycles. The smallest absolute Gasteiger partial charge is 0.345 e. The molecule has 0 saturated carbocycles. The lowest BCUT2D eigenvalue weighted by Gasteiger charge is -2.04. The predicted molar refractivity (Wildman–Crippen MR) is 38.9 cm³/mol. The summed E-state index contributed by atoms with van der Waals surface area (Å²) in [6, 6.07) is 0. The van der Waals surface area contributed by atoms with E-state index in [1.165, 1.54) is 12.2 Å². The molecule has 0 fully saturated rings. The maximum absolute atomic E-state index is 11.5. The highest BCUT2D eigenvalue weighted by atomic mass is 35.5. The zero-order valence-corrected chi connectivity index (χ0v) is 6.74. The first-order valence-corrected chi connectivity index (χ1v) is 3.58. The number of carbonyl (C=O) groups is 1. The standard InChI is InChI=1S/C6H7ClF3NO/c7-3-1-2-4-11-5(12)6(8,9)10/h1-2H,3-4H2,(H,11,12)/b2-1+. The van der Waals surface area contributed by atoms with E-state index >= 15 is 0 Å². The van der Waals surface area contributed by atoms with Gasteiger partial charge in [-0.15, -0.1) is 11.6 Å². The van der Waals surface area contributed by atoms with E-state index in [0.717, 1.165) is 0 Å². The van der Waals surface area contributed by atoms with E-state index in [2.05, 4.69) is 0 Å². The normalized spacial score (nSPS) is 12.0. The first-order chi connectivity index (χ1) is 5.48. The van der Waals surface area contributed by atoms with Gasteiger partial charge in [-0.25, -0.2) is 0 Å². The minimum atomic E-state index is -4.81. The molecule has 0 aliphatic carbocycles. The molecule has 12 heavy (non-hydrogen) atoms. The Morgan fingerprint density at radius 2 is 2.00 bits per heavy atom. The third kappa shape index (κ3) is 5.01. The van der Waals surface area contributed by atoms with Crippen LogP contribution < -0.4 is 5.32 Å². The Bertz CT molecular complexity index is 178. The summed E-state index contributed by atoms with van der Waals surface area (Å²) in [5.41, 5.74) is 0. The number of allylic oxidation sites excluding steroid dienone is 1. The minimum absolute atomic E-state index is 0.162. The number of carbonyl (C=O) groups excluding carboxylic acids is 1. The molecule has 0 aromatic carbocycles. The average molecular weight is 202 g/mol. The monoisotopic (exact) mass is 201 g/mol. The summed E-state index contributed by atoms with van der Waals surface area (Å²) >= 11 is 5.19. The second-order valence-electron chi connectivity index (χ2n) is 1.83. The van der Waals surface area contributed by atoms with Gasteiger partial charge >= 0.3 is 12.1 Å². The highest BCUT2D eigenvalue weighted by Crippen LogP contribution is 2.13. The van der Waals surface area contributed by atoms with Crippen LogP contribution in [0.25, 0.3) is 0 Å². The van der Waals surface area contributed by atoms with Crippen LogP contribution in [0.4, 0.5) is 13.2 Å². The van der Waals surface area contributed by atoms with Crippen LogP contribution in [0.2, 0.25) is 0 Å². The van der Waals surface area contributed by atoms with Crippen LogP contribution in [0.3, 0.4) is 0 Å². The number of alkyl halides is 4. The topological polar surface area (TPSA) is 29.1 Å². The van der Waals surface area contributed by atoms with Crippen LogP contribution in [-0.2, 0) is 4.79 Å². The van der Waals surface area contributed by atoms with Crippen molar-refractivity contribution in [2.24, 2.45) is 0 Å². The van der Waals surface area contributed by atoms with Crippen LogP contribution in [-0.4, -0.2) is 24.5 Å². The number of amides is 1. The Morgan fingerprint density at radius 1 is 1.42 bits per heavy atom. The van der Waals surface area contributed by atoms with Crippen molar-refractivity contribution in [1.29, 1.82) is 0 Å². The first-order valence-electron chi connectivity index (χ1n) is 3.04. The van der Waals surface area contributed by atoms with Gasteiger partial charge in [-0.1, -0.05) is 12.2 Å². The van der Waals surface area contributed by atoms with Crippen LogP contribution in [0, 0.1) is 0 Å². The van der Waals surface area contributed by atoms with Crippen molar-refractivity contribution in [1.82, 2.24) is 5.32 Å². The van der Waals surface area contributed by atoms with Crippen LogP contribution >= 0.6 is 11.6 Å². The molecule has 0 aromatic heterocycles. The summed E-state index contributed by atoms with van der Waals surface area (Å²) in [5, 5.41) is 1.65. The van der Waals surface area contributed by atoms with Crippen molar-refractivity contribution in [3.8, 4) is 0 Å². The van der Waals surface area contributed by atoms with Gasteiger partial charge in [0.25, 0.3) is 0 Å². The number of hydrogen-bond donors (Lipinski definition) is 1. The fraction of sp³-hybridized carbons (Fsp3) is 0.500. The second-order valence-corrected chi connectivity index (χ2v) is 2.14. The van der Waals surface area contributed by atoms with Gasteiger partial charge < -0.3 is 5.32 Å². The molecule has 0 aromatic rings. The SMILES string of the molecule is O=C(NC/C=C/CCl)C(F)(F)F. The molecule has 0 spiro atoms. The van der Waals surface area contributed by atoms with Crippen molar-refractivity contribution in [3.05, 3.63) is 12.2 Å². The van der Waals surface area contributed by atoms with Gasteiger partial charge in [-0.2, -0.15) is 13.2 Å². The maximum atomic E-state index is 11.5. The number of rotatable bonds is 3. The summed E-state index contributed by atoms with van der Waals surface area (Å²) in [5.74, 6) is -1.73. The Morgan fingerprint density at radius 3 is 2.42 bits per heavy atom. The number of hydrogen-bond acceptors (Lipinski definition) is 1.